The van der Waals surface area contributed by atoms with E-state index in [1.54, 1.807) is 7.11 Å². The highest BCUT2D eigenvalue weighted by molar-refractivity contribution is 7.22. The smallest absolute Gasteiger partial charge is 0.183 e. The van der Waals surface area contributed by atoms with Crippen molar-refractivity contribution >= 4 is 38.3 Å². The summed E-state index contributed by atoms with van der Waals surface area (Å²) < 4.78 is 6.46. The van der Waals surface area contributed by atoms with Gasteiger partial charge in [0.2, 0.25) is 0 Å². The van der Waals surface area contributed by atoms with Gasteiger partial charge in [-0.15, -0.1) is 0 Å². The van der Waals surface area contributed by atoms with E-state index in [1.807, 2.05) is 13.1 Å². The van der Waals surface area contributed by atoms with Gasteiger partial charge in [-0.3, -0.25) is 0 Å². The van der Waals surface area contributed by atoms with E-state index in [4.69, 9.17) is 16.3 Å². The maximum atomic E-state index is 6.29. The van der Waals surface area contributed by atoms with Gasteiger partial charge in [-0.05, 0) is 12.0 Å². The quantitative estimate of drug-likeness (QED) is 0.911. The summed E-state index contributed by atoms with van der Waals surface area (Å²) in [6.45, 7) is 4.23. The molecule has 0 bridgehead atoms. The molecule has 0 saturated carbocycles. The summed E-state index contributed by atoms with van der Waals surface area (Å²) in [5.74, 6) is 1.18. The van der Waals surface area contributed by atoms with Crippen LogP contribution >= 0.6 is 22.9 Å². The molecule has 0 unspecified atom stereocenters. The molecular formula is C12H15ClN2OS. The summed E-state index contributed by atoms with van der Waals surface area (Å²) in [4.78, 5) is 4.50. The Hall–Kier alpha value is -1.000. The molecule has 1 N–H and O–H groups in total. The van der Waals surface area contributed by atoms with Gasteiger partial charge in [0.1, 0.15) is 11.3 Å². The number of hydrogen-bond donors (Lipinski definition) is 1. The highest BCUT2D eigenvalue weighted by atomic mass is 35.5. The van der Waals surface area contributed by atoms with Crippen LogP contribution in [0.4, 0.5) is 5.13 Å². The summed E-state index contributed by atoms with van der Waals surface area (Å²) in [5, 5.41) is 4.62. The van der Waals surface area contributed by atoms with E-state index < -0.39 is 0 Å². The molecule has 1 aromatic heterocycles. The molecule has 0 fully saturated rings. The van der Waals surface area contributed by atoms with Crippen molar-refractivity contribution in [3.63, 3.8) is 0 Å². The van der Waals surface area contributed by atoms with Gasteiger partial charge < -0.3 is 10.1 Å². The fraction of sp³-hybridized carbons (Fsp3) is 0.417. The fourth-order valence-corrected chi connectivity index (χ4v) is 2.94. The van der Waals surface area contributed by atoms with Crippen molar-refractivity contribution in [3.05, 3.63) is 16.7 Å². The van der Waals surface area contributed by atoms with Crippen molar-refractivity contribution in [1.29, 1.82) is 0 Å². The Kier molecular flexibility index (Phi) is 3.45. The first-order chi connectivity index (χ1) is 8.08. The van der Waals surface area contributed by atoms with Crippen molar-refractivity contribution in [2.45, 2.75) is 19.8 Å². The number of halogens is 1. The van der Waals surface area contributed by atoms with Crippen LogP contribution in [-0.2, 0) is 0 Å². The van der Waals surface area contributed by atoms with Crippen LogP contribution in [0.3, 0.4) is 0 Å². The predicted octanol–water partition coefficient (Wildman–Crippen LogP) is 4.12. The van der Waals surface area contributed by atoms with Gasteiger partial charge in [0.25, 0.3) is 0 Å². The molecule has 0 saturated heterocycles. The lowest BCUT2D eigenvalue weighted by atomic mass is 10.0. The number of benzene rings is 1. The van der Waals surface area contributed by atoms with Gasteiger partial charge in [-0.2, -0.15) is 0 Å². The topological polar surface area (TPSA) is 34.2 Å². The lowest BCUT2D eigenvalue weighted by Crippen LogP contribution is -1.95. The Labute approximate surface area is 110 Å². The van der Waals surface area contributed by atoms with Crippen molar-refractivity contribution < 1.29 is 4.74 Å². The first kappa shape index (κ1) is 12.5. The Bertz CT molecular complexity index is 551. The van der Waals surface area contributed by atoms with Crippen LogP contribution < -0.4 is 10.1 Å². The second kappa shape index (κ2) is 4.70. The van der Waals surface area contributed by atoms with Crippen LogP contribution in [0.2, 0.25) is 5.02 Å². The summed E-state index contributed by atoms with van der Waals surface area (Å²) in [6.07, 6.45) is 0. The van der Waals surface area contributed by atoms with Crippen LogP contribution in [0.1, 0.15) is 25.3 Å². The van der Waals surface area contributed by atoms with Crippen molar-refractivity contribution in [1.82, 2.24) is 4.98 Å². The summed E-state index contributed by atoms with van der Waals surface area (Å²) in [6, 6.07) is 1.98. The van der Waals surface area contributed by atoms with Gasteiger partial charge in [0.15, 0.2) is 5.13 Å². The molecule has 0 aliphatic rings. The minimum absolute atomic E-state index is 0.353. The molecule has 0 spiro atoms. The molecule has 1 heterocycles. The Balaban J connectivity index is 2.79. The number of hydrogen-bond acceptors (Lipinski definition) is 4. The monoisotopic (exact) mass is 270 g/mol. The molecule has 0 aliphatic heterocycles. The van der Waals surface area contributed by atoms with Crippen LogP contribution in [0, 0.1) is 0 Å². The molecule has 17 heavy (non-hydrogen) atoms. The van der Waals surface area contributed by atoms with Gasteiger partial charge in [0, 0.05) is 12.6 Å². The minimum atomic E-state index is 0.353. The average Bonchev–Trinajstić information content (AvgIpc) is 2.73. The molecule has 3 nitrogen and oxygen atoms in total. The third-order valence-electron chi connectivity index (χ3n) is 2.64. The average molecular weight is 271 g/mol. The Morgan fingerprint density at radius 1 is 1.47 bits per heavy atom. The number of anilines is 1. The fourth-order valence-electron chi connectivity index (χ4n) is 1.79. The van der Waals surface area contributed by atoms with Gasteiger partial charge in [-0.25, -0.2) is 4.98 Å². The predicted molar refractivity (Wildman–Crippen MR) is 74.8 cm³/mol. The van der Waals surface area contributed by atoms with Gasteiger partial charge >= 0.3 is 0 Å². The summed E-state index contributed by atoms with van der Waals surface area (Å²) in [5.41, 5.74) is 1.94. The molecule has 0 amide bonds. The Morgan fingerprint density at radius 2 is 2.18 bits per heavy atom. The van der Waals surface area contributed by atoms with E-state index in [2.05, 4.69) is 24.1 Å². The van der Waals surface area contributed by atoms with Crippen LogP contribution in [0.15, 0.2) is 6.07 Å². The molecule has 0 radical (unpaired) electrons. The lowest BCUT2D eigenvalue weighted by Gasteiger charge is -2.12. The SMILES string of the molecule is CNc1nc2c(OC)c(C(C)C)cc(Cl)c2s1. The molecular weight excluding hydrogens is 256 g/mol. The maximum Gasteiger partial charge on any atom is 0.183 e. The number of thiazole rings is 1. The zero-order valence-electron chi connectivity index (χ0n) is 10.3. The Morgan fingerprint density at radius 3 is 2.71 bits per heavy atom. The summed E-state index contributed by atoms with van der Waals surface area (Å²) in [7, 11) is 3.52. The first-order valence-electron chi connectivity index (χ1n) is 5.43. The van der Waals surface area contributed by atoms with Gasteiger partial charge in [-0.1, -0.05) is 36.8 Å². The van der Waals surface area contributed by atoms with Crippen molar-refractivity contribution in [3.8, 4) is 5.75 Å². The van der Waals surface area contributed by atoms with E-state index in [9.17, 15) is 0 Å². The zero-order valence-corrected chi connectivity index (χ0v) is 11.9. The number of aromatic nitrogens is 1. The van der Waals surface area contributed by atoms with E-state index in [0.29, 0.717) is 5.92 Å². The van der Waals surface area contributed by atoms with E-state index in [-0.39, 0.29) is 0 Å². The van der Waals surface area contributed by atoms with Crippen molar-refractivity contribution in [2.75, 3.05) is 19.5 Å². The molecule has 0 atom stereocenters. The highest BCUT2D eigenvalue weighted by Gasteiger charge is 2.18. The molecule has 92 valence electrons. The minimum Gasteiger partial charge on any atom is -0.494 e. The van der Waals surface area contributed by atoms with Crippen LogP contribution in [0.25, 0.3) is 10.2 Å². The largest absolute Gasteiger partial charge is 0.494 e. The highest BCUT2D eigenvalue weighted by Crippen LogP contribution is 2.42. The molecule has 0 aliphatic carbocycles. The molecule has 2 rings (SSSR count). The molecule has 2 aromatic rings. The van der Waals surface area contributed by atoms with Crippen LogP contribution in [0.5, 0.6) is 5.75 Å². The number of methoxy groups -OCH3 is 1. The number of fused-ring (bicyclic) bond motifs is 1. The number of rotatable bonds is 3. The molecule has 5 heteroatoms. The number of nitrogens with one attached hydrogen (secondary N) is 1. The van der Waals surface area contributed by atoms with E-state index in [0.717, 1.165) is 31.7 Å². The third-order valence-corrected chi connectivity index (χ3v) is 4.16. The summed E-state index contributed by atoms with van der Waals surface area (Å²) >= 11 is 7.83. The van der Waals surface area contributed by atoms with Gasteiger partial charge in [0.05, 0.1) is 16.8 Å². The van der Waals surface area contributed by atoms with Crippen LogP contribution in [-0.4, -0.2) is 19.1 Å². The lowest BCUT2D eigenvalue weighted by molar-refractivity contribution is 0.412. The maximum absolute atomic E-state index is 6.29. The first-order valence-corrected chi connectivity index (χ1v) is 6.62. The zero-order chi connectivity index (χ0) is 12.6. The van der Waals surface area contributed by atoms with E-state index >= 15 is 0 Å². The van der Waals surface area contributed by atoms with Crippen molar-refractivity contribution in [2.24, 2.45) is 0 Å². The number of ether oxygens (including phenoxy) is 1. The standard InChI is InChI=1S/C12H15ClN2OS/c1-6(2)7-5-8(13)11-9(10(7)16-4)15-12(14-3)17-11/h5-6H,1-4H3,(H,14,15). The number of nitrogens with zero attached hydrogens (tertiary/aromatic N) is 1. The normalized spacial score (nSPS) is 11.2. The second-order valence-corrected chi connectivity index (χ2v) is 5.49. The second-order valence-electron chi connectivity index (χ2n) is 4.08. The third kappa shape index (κ3) is 2.07. The molecule has 1 aromatic carbocycles. The van der Waals surface area contributed by atoms with E-state index in [1.165, 1.54) is 11.3 Å².